The SMILES string of the molecule is CCOC(=O)[C@H](CCN1C(=O)c2ccccc2C1=O)N[C@H]1CSc2ccccc2N(CC(=O)O)C1=O. The number of carbonyl (C=O) groups excluding carboxylic acids is 4. The number of aliphatic carboxylic acids is 1. The van der Waals surface area contributed by atoms with Crippen molar-refractivity contribution in [3.63, 3.8) is 0 Å². The Labute approximate surface area is 211 Å². The van der Waals surface area contributed by atoms with Crippen LogP contribution in [-0.4, -0.2) is 77.2 Å². The minimum atomic E-state index is -1.17. The molecule has 11 heteroatoms. The summed E-state index contributed by atoms with van der Waals surface area (Å²) in [6.07, 6.45) is 0.0185. The molecule has 2 N–H and O–H groups in total. The zero-order valence-corrected chi connectivity index (χ0v) is 20.3. The number of anilines is 1. The Hall–Kier alpha value is -3.70. The summed E-state index contributed by atoms with van der Waals surface area (Å²) in [5, 5.41) is 12.4. The van der Waals surface area contributed by atoms with Crippen LogP contribution < -0.4 is 10.2 Å². The van der Waals surface area contributed by atoms with E-state index < -0.39 is 48.3 Å². The number of fused-ring (bicyclic) bond motifs is 2. The van der Waals surface area contributed by atoms with Crippen LogP contribution in [0.4, 0.5) is 5.69 Å². The lowest BCUT2D eigenvalue weighted by Gasteiger charge is -2.27. The highest BCUT2D eigenvalue weighted by Gasteiger charge is 2.38. The monoisotopic (exact) mass is 511 g/mol. The minimum Gasteiger partial charge on any atom is -0.480 e. The van der Waals surface area contributed by atoms with Gasteiger partial charge in [-0.25, -0.2) is 0 Å². The summed E-state index contributed by atoms with van der Waals surface area (Å²) in [5.74, 6) is -2.93. The van der Waals surface area contributed by atoms with E-state index in [4.69, 9.17) is 4.74 Å². The summed E-state index contributed by atoms with van der Waals surface area (Å²) >= 11 is 1.37. The van der Waals surface area contributed by atoms with E-state index in [1.54, 1.807) is 55.5 Å². The fraction of sp³-hybridized carbons (Fsp3) is 0.320. The van der Waals surface area contributed by atoms with Crippen LogP contribution in [0.25, 0.3) is 0 Å². The molecule has 36 heavy (non-hydrogen) atoms. The topological polar surface area (TPSA) is 133 Å². The van der Waals surface area contributed by atoms with Crippen LogP contribution in [0.15, 0.2) is 53.4 Å². The fourth-order valence-electron chi connectivity index (χ4n) is 4.23. The molecule has 0 radical (unpaired) electrons. The Morgan fingerprint density at radius 2 is 1.69 bits per heavy atom. The number of carbonyl (C=O) groups is 5. The predicted octanol–water partition coefficient (Wildman–Crippen LogP) is 1.79. The van der Waals surface area contributed by atoms with E-state index in [0.29, 0.717) is 16.8 Å². The average molecular weight is 512 g/mol. The highest BCUT2D eigenvalue weighted by molar-refractivity contribution is 7.99. The number of carboxylic acid groups (broad SMARTS) is 1. The standard InChI is InChI=1S/C25H25N3O7S/c1-2-35-25(34)17(11-12-27-22(31)15-7-3-4-8-16(15)23(27)32)26-18-14-36-20-10-6-5-9-19(20)28(24(18)33)13-21(29)30/h3-10,17-18,26H,2,11-14H2,1H3,(H,29,30)/t17-,18-/m0/s1. The number of thioether (sulfide) groups is 1. The van der Waals surface area contributed by atoms with Crippen molar-refractivity contribution in [2.24, 2.45) is 0 Å². The van der Waals surface area contributed by atoms with Gasteiger partial charge in [0.05, 0.1) is 29.5 Å². The van der Waals surface area contributed by atoms with Crippen molar-refractivity contribution in [2.75, 3.05) is 30.3 Å². The molecule has 0 fully saturated rings. The van der Waals surface area contributed by atoms with Crippen molar-refractivity contribution < 1.29 is 33.8 Å². The van der Waals surface area contributed by atoms with Gasteiger partial charge in [-0.15, -0.1) is 11.8 Å². The molecular weight excluding hydrogens is 486 g/mol. The van der Waals surface area contributed by atoms with Crippen molar-refractivity contribution in [1.82, 2.24) is 10.2 Å². The van der Waals surface area contributed by atoms with Gasteiger partial charge in [0.15, 0.2) is 0 Å². The highest BCUT2D eigenvalue weighted by atomic mass is 32.2. The Balaban J connectivity index is 1.53. The van der Waals surface area contributed by atoms with Crippen molar-refractivity contribution in [3.05, 3.63) is 59.7 Å². The van der Waals surface area contributed by atoms with Crippen LogP contribution >= 0.6 is 11.8 Å². The number of hydrogen-bond acceptors (Lipinski definition) is 8. The van der Waals surface area contributed by atoms with E-state index in [9.17, 15) is 29.1 Å². The van der Waals surface area contributed by atoms with Gasteiger partial charge < -0.3 is 9.84 Å². The third-order valence-corrected chi connectivity index (χ3v) is 7.07. The van der Waals surface area contributed by atoms with Gasteiger partial charge in [-0.3, -0.25) is 39.1 Å². The molecule has 0 unspecified atom stereocenters. The normalized spacial score (nSPS) is 17.9. The summed E-state index contributed by atoms with van der Waals surface area (Å²) in [6.45, 7) is 1.16. The molecule has 3 amide bonds. The largest absolute Gasteiger partial charge is 0.480 e. The van der Waals surface area contributed by atoms with Crippen molar-refractivity contribution in [3.8, 4) is 0 Å². The van der Waals surface area contributed by atoms with E-state index in [1.165, 1.54) is 16.7 Å². The number of rotatable bonds is 9. The number of nitrogens with zero attached hydrogens (tertiary/aromatic N) is 2. The van der Waals surface area contributed by atoms with Crippen LogP contribution in [0.3, 0.4) is 0 Å². The minimum absolute atomic E-state index is 0.0185. The smallest absolute Gasteiger partial charge is 0.323 e. The molecule has 0 saturated heterocycles. The fourth-order valence-corrected chi connectivity index (χ4v) is 5.31. The van der Waals surface area contributed by atoms with Crippen molar-refractivity contribution in [2.45, 2.75) is 30.3 Å². The van der Waals surface area contributed by atoms with Crippen LogP contribution in [0.1, 0.15) is 34.1 Å². The lowest BCUT2D eigenvalue weighted by atomic mass is 10.1. The van der Waals surface area contributed by atoms with Crippen LogP contribution in [0, 0.1) is 0 Å². The Bertz CT molecular complexity index is 1180. The number of esters is 1. The Kier molecular flexibility index (Phi) is 7.70. The lowest BCUT2D eigenvalue weighted by Crippen LogP contribution is -2.54. The van der Waals surface area contributed by atoms with Crippen LogP contribution in [0.2, 0.25) is 0 Å². The molecule has 2 aliphatic rings. The third-order valence-electron chi connectivity index (χ3n) is 5.91. The first-order chi connectivity index (χ1) is 17.3. The molecule has 2 atom stereocenters. The van der Waals surface area contributed by atoms with Crippen LogP contribution in [0.5, 0.6) is 0 Å². The van der Waals surface area contributed by atoms with Gasteiger partial charge in [-0.05, 0) is 37.6 Å². The second-order valence-corrected chi connectivity index (χ2v) is 9.28. The van der Waals surface area contributed by atoms with Gasteiger partial charge in [-0.2, -0.15) is 0 Å². The molecule has 188 valence electrons. The Morgan fingerprint density at radius 1 is 1.06 bits per heavy atom. The van der Waals surface area contributed by atoms with Crippen molar-refractivity contribution >= 4 is 47.1 Å². The van der Waals surface area contributed by atoms with E-state index in [-0.39, 0.29) is 25.3 Å². The molecule has 2 heterocycles. The zero-order valence-electron chi connectivity index (χ0n) is 19.5. The van der Waals surface area contributed by atoms with Gasteiger partial charge in [0.25, 0.3) is 11.8 Å². The van der Waals surface area contributed by atoms with E-state index in [1.807, 2.05) is 0 Å². The predicted molar refractivity (Wildman–Crippen MR) is 131 cm³/mol. The second kappa shape index (κ2) is 10.9. The number of para-hydroxylation sites is 1. The number of imide groups is 1. The molecule has 2 aromatic rings. The summed E-state index contributed by atoms with van der Waals surface area (Å²) in [7, 11) is 0. The molecular formula is C25H25N3O7S. The first kappa shape index (κ1) is 25.4. The molecule has 0 saturated carbocycles. The zero-order chi connectivity index (χ0) is 25.8. The maximum Gasteiger partial charge on any atom is 0.323 e. The van der Waals surface area contributed by atoms with E-state index in [2.05, 4.69) is 5.32 Å². The molecule has 0 aromatic heterocycles. The molecule has 0 bridgehead atoms. The van der Waals surface area contributed by atoms with Gasteiger partial charge in [0, 0.05) is 17.2 Å². The first-order valence-corrected chi connectivity index (χ1v) is 12.4. The number of hydrogen-bond donors (Lipinski definition) is 2. The van der Waals surface area contributed by atoms with Gasteiger partial charge in [0.2, 0.25) is 5.91 Å². The number of nitrogens with one attached hydrogen (secondary N) is 1. The van der Waals surface area contributed by atoms with Gasteiger partial charge in [0.1, 0.15) is 12.6 Å². The lowest BCUT2D eigenvalue weighted by molar-refractivity contribution is -0.146. The molecule has 4 rings (SSSR count). The Morgan fingerprint density at radius 3 is 2.33 bits per heavy atom. The molecule has 0 aliphatic carbocycles. The molecule has 0 spiro atoms. The molecule has 2 aromatic carbocycles. The van der Waals surface area contributed by atoms with E-state index >= 15 is 0 Å². The second-order valence-electron chi connectivity index (χ2n) is 8.22. The average Bonchev–Trinajstić information content (AvgIpc) is 3.03. The summed E-state index contributed by atoms with van der Waals surface area (Å²) in [5.41, 5.74) is 1.10. The number of amides is 3. The van der Waals surface area contributed by atoms with E-state index in [0.717, 1.165) is 9.80 Å². The quantitative estimate of drug-likeness (QED) is 0.382. The van der Waals surface area contributed by atoms with Crippen LogP contribution in [-0.2, 0) is 19.1 Å². The molecule has 10 nitrogen and oxygen atoms in total. The van der Waals surface area contributed by atoms with Crippen molar-refractivity contribution in [1.29, 1.82) is 0 Å². The molecule has 2 aliphatic heterocycles. The summed E-state index contributed by atoms with van der Waals surface area (Å²) < 4.78 is 5.18. The number of carboxylic acids is 1. The summed E-state index contributed by atoms with van der Waals surface area (Å²) in [6, 6.07) is 11.6. The van der Waals surface area contributed by atoms with Gasteiger partial charge in [-0.1, -0.05) is 24.3 Å². The third kappa shape index (κ3) is 5.12. The van der Waals surface area contributed by atoms with Gasteiger partial charge >= 0.3 is 11.9 Å². The number of benzene rings is 2. The maximum absolute atomic E-state index is 13.4. The first-order valence-electron chi connectivity index (χ1n) is 11.4. The summed E-state index contributed by atoms with van der Waals surface area (Å²) in [4.78, 5) is 66.1. The maximum atomic E-state index is 13.4. The highest BCUT2D eigenvalue weighted by Crippen LogP contribution is 2.34. The number of ether oxygens (including phenoxy) is 1.